The number of nitrogens with zero attached hydrogens (tertiary/aromatic N) is 3. The third-order valence-electron chi connectivity index (χ3n) is 5.37. The van der Waals surface area contributed by atoms with Gasteiger partial charge in [-0.15, -0.1) is 0 Å². The standard InChI is InChI=1S/C24H27ClN6O4/c1-34-21-14-16(31-9-12-35-13-10-31)6-7-20(21)29-24-27-15-18(25)22(30-24)28-19-5-3-2-4-17(19)23(33)26-8-11-32/h2-7,14-15,32H,8-13H2,1H3,(H,26,33)(H2,27,28,29,30). The molecule has 1 fully saturated rings. The van der Waals surface area contributed by atoms with E-state index in [0.717, 1.165) is 18.8 Å². The molecule has 0 unspecified atom stereocenters. The Morgan fingerprint density at radius 2 is 1.97 bits per heavy atom. The van der Waals surface area contributed by atoms with Crippen molar-refractivity contribution in [1.29, 1.82) is 0 Å². The molecule has 1 saturated heterocycles. The maximum Gasteiger partial charge on any atom is 0.253 e. The van der Waals surface area contributed by atoms with E-state index >= 15 is 0 Å². The highest BCUT2D eigenvalue weighted by Crippen LogP contribution is 2.33. The highest BCUT2D eigenvalue weighted by atomic mass is 35.5. The molecule has 10 nitrogen and oxygen atoms in total. The van der Waals surface area contributed by atoms with Crippen LogP contribution in [0.15, 0.2) is 48.7 Å². The molecule has 1 amide bonds. The summed E-state index contributed by atoms with van der Waals surface area (Å²) in [5.41, 5.74) is 2.65. The minimum atomic E-state index is -0.323. The van der Waals surface area contributed by atoms with Crippen LogP contribution in [0.3, 0.4) is 0 Å². The number of amides is 1. The zero-order valence-electron chi connectivity index (χ0n) is 19.3. The number of halogens is 1. The van der Waals surface area contributed by atoms with Crippen LogP contribution in [-0.4, -0.2) is 67.5 Å². The summed E-state index contributed by atoms with van der Waals surface area (Å²) in [6.45, 7) is 3.05. The summed E-state index contributed by atoms with van der Waals surface area (Å²) in [6.07, 6.45) is 1.47. The Morgan fingerprint density at radius 1 is 1.17 bits per heavy atom. The molecule has 4 rings (SSSR count). The zero-order valence-corrected chi connectivity index (χ0v) is 20.0. The van der Waals surface area contributed by atoms with Gasteiger partial charge in [0.2, 0.25) is 5.95 Å². The van der Waals surface area contributed by atoms with Gasteiger partial charge in [0.05, 0.1) is 50.1 Å². The Hall–Kier alpha value is -3.60. The van der Waals surface area contributed by atoms with Crippen molar-refractivity contribution in [2.24, 2.45) is 0 Å². The molecule has 184 valence electrons. The molecule has 2 heterocycles. The first kappa shape index (κ1) is 24.5. The number of morpholine rings is 1. The maximum absolute atomic E-state index is 12.5. The predicted octanol–water partition coefficient (Wildman–Crippen LogP) is 3.18. The van der Waals surface area contributed by atoms with Crippen molar-refractivity contribution in [3.8, 4) is 5.75 Å². The Balaban J connectivity index is 1.54. The molecular weight excluding hydrogens is 472 g/mol. The number of aliphatic hydroxyl groups excluding tert-OH is 1. The largest absolute Gasteiger partial charge is 0.494 e. The molecule has 35 heavy (non-hydrogen) atoms. The number of hydrogen-bond donors (Lipinski definition) is 4. The number of anilines is 5. The Morgan fingerprint density at radius 3 is 2.74 bits per heavy atom. The van der Waals surface area contributed by atoms with E-state index in [9.17, 15) is 4.79 Å². The average molecular weight is 499 g/mol. The lowest BCUT2D eigenvalue weighted by Gasteiger charge is -2.29. The molecule has 4 N–H and O–H groups in total. The fourth-order valence-electron chi connectivity index (χ4n) is 3.62. The molecule has 0 saturated carbocycles. The van der Waals surface area contributed by atoms with Crippen molar-refractivity contribution in [3.63, 3.8) is 0 Å². The SMILES string of the molecule is COc1cc(N2CCOCC2)ccc1Nc1ncc(Cl)c(Nc2ccccc2C(=O)NCCO)n1. The molecule has 1 aliphatic heterocycles. The second-order valence-corrected chi connectivity index (χ2v) is 8.06. The molecule has 0 radical (unpaired) electrons. The summed E-state index contributed by atoms with van der Waals surface area (Å²) in [4.78, 5) is 23.5. The van der Waals surface area contributed by atoms with Gasteiger partial charge in [0.15, 0.2) is 5.82 Å². The number of aromatic nitrogens is 2. The van der Waals surface area contributed by atoms with Crippen LogP contribution in [0.4, 0.5) is 28.8 Å². The molecule has 0 atom stereocenters. The zero-order chi connectivity index (χ0) is 24.6. The molecule has 1 aromatic heterocycles. The number of aliphatic hydroxyl groups is 1. The van der Waals surface area contributed by atoms with Gasteiger partial charge in [0, 0.05) is 31.4 Å². The normalized spacial score (nSPS) is 13.3. The Labute approximate surface area is 208 Å². The first-order chi connectivity index (χ1) is 17.1. The molecule has 0 aliphatic carbocycles. The van der Waals surface area contributed by atoms with Crippen LogP contribution in [0.1, 0.15) is 10.4 Å². The number of para-hydroxylation sites is 1. The van der Waals surface area contributed by atoms with Gasteiger partial charge in [0.25, 0.3) is 5.91 Å². The van der Waals surface area contributed by atoms with Crippen LogP contribution in [0.5, 0.6) is 5.75 Å². The Bertz CT molecular complexity index is 1170. The van der Waals surface area contributed by atoms with Crippen LogP contribution in [0, 0.1) is 0 Å². The van der Waals surface area contributed by atoms with Crippen LogP contribution in [0.2, 0.25) is 5.02 Å². The highest BCUT2D eigenvalue weighted by molar-refractivity contribution is 6.33. The second kappa shape index (κ2) is 11.7. The minimum Gasteiger partial charge on any atom is -0.494 e. The van der Waals surface area contributed by atoms with Crippen molar-refractivity contribution in [1.82, 2.24) is 15.3 Å². The highest BCUT2D eigenvalue weighted by Gasteiger charge is 2.16. The fourth-order valence-corrected chi connectivity index (χ4v) is 3.76. The second-order valence-electron chi connectivity index (χ2n) is 7.65. The van der Waals surface area contributed by atoms with Crippen LogP contribution in [0.25, 0.3) is 0 Å². The first-order valence-electron chi connectivity index (χ1n) is 11.1. The topological polar surface area (TPSA) is 121 Å². The summed E-state index contributed by atoms with van der Waals surface area (Å²) >= 11 is 6.34. The van der Waals surface area contributed by atoms with E-state index < -0.39 is 0 Å². The van der Waals surface area contributed by atoms with Crippen molar-refractivity contribution >= 4 is 46.3 Å². The van der Waals surface area contributed by atoms with Crippen molar-refractivity contribution < 1.29 is 19.4 Å². The number of carbonyl (C=O) groups is 1. The summed E-state index contributed by atoms with van der Waals surface area (Å²) in [5.74, 6) is 0.954. The van der Waals surface area contributed by atoms with Gasteiger partial charge in [-0.1, -0.05) is 23.7 Å². The van der Waals surface area contributed by atoms with Crippen molar-refractivity contribution in [2.45, 2.75) is 0 Å². The van der Waals surface area contributed by atoms with Gasteiger partial charge < -0.3 is 35.4 Å². The number of methoxy groups -OCH3 is 1. The van der Waals surface area contributed by atoms with E-state index in [-0.39, 0.29) is 24.1 Å². The molecule has 0 bridgehead atoms. The smallest absolute Gasteiger partial charge is 0.253 e. The number of carbonyl (C=O) groups excluding carboxylic acids is 1. The van der Waals surface area contributed by atoms with E-state index in [0.29, 0.717) is 47.7 Å². The van der Waals surface area contributed by atoms with Gasteiger partial charge in [-0.2, -0.15) is 4.98 Å². The number of benzene rings is 2. The Kier molecular flexibility index (Phi) is 8.19. The van der Waals surface area contributed by atoms with Crippen molar-refractivity contribution in [2.75, 3.05) is 62.1 Å². The molecule has 1 aliphatic rings. The molecule has 2 aromatic carbocycles. The minimum absolute atomic E-state index is 0.148. The lowest BCUT2D eigenvalue weighted by atomic mass is 10.1. The van der Waals surface area contributed by atoms with Crippen molar-refractivity contribution in [3.05, 3.63) is 59.2 Å². The van der Waals surface area contributed by atoms with Gasteiger partial charge in [-0.25, -0.2) is 4.98 Å². The number of ether oxygens (including phenoxy) is 2. The maximum atomic E-state index is 12.5. The van der Waals surface area contributed by atoms with Gasteiger partial charge in [0.1, 0.15) is 10.8 Å². The van der Waals surface area contributed by atoms with E-state index in [2.05, 4.69) is 30.8 Å². The molecular formula is C24H27ClN6O4. The number of hydrogen-bond acceptors (Lipinski definition) is 9. The number of rotatable bonds is 9. The van der Waals surface area contributed by atoms with Gasteiger partial charge in [-0.05, 0) is 24.3 Å². The number of nitrogens with one attached hydrogen (secondary N) is 3. The summed E-state index contributed by atoms with van der Waals surface area (Å²) in [7, 11) is 1.61. The van der Waals surface area contributed by atoms with Crippen LogP contribution >= 0.6 is 11.6 Å². The summed E-state index contributed by atoms with van der Waals surface area (Å²) in [6, 6.07) is 12.8. The summed E-state index contributed by atoms with van der Waals surface area (Å²) < 4.78 is 11.0. The molecule has 3 aromatic rings. The lowest BCUT2D eigenvalue weighted by molar-refractivity contribution is 0.0945. The van der Waals surface area contributed by atoms with E-state index in [1.165, 1.54) is 6.20 Å². The monoisotopic (exact) mass is 498 g/mol. The molecule has 0 spiro atoms. The summed E-state index contributed by atoms with van der Waals surface area (Å²) in [5, 5.41) is 18.2. The quantitative estimate of drug-likeness (QED) is 0.352. The van der Waals surface area contributed by atoms with E-state index in [1.54, 1.807) is 31.4 Å². The van der Waals surface area contributed by atoms with Crippen LogP contribution in [-0.2, 0) is 4.74 Å². The average Bonchev–Trinajstić information content (AvgIpc) is 2.90. The third-order valence-corrected chi connectivity index (χ3v) is 5.65. The first-order valence-corrected chi connectivity index (χ1v) is 11.5. The molecule has 11 heteroatoms. The van der Waals surface area contributed by atoms with Crippen LogP contribution < -0.4 is 25.6 Å². The van der Waals surface area contributed by atoms with E-state index in [1.807, 2.05) is 18.2 Å². The van der Waals surface area contributed by atoms with Gasteiger partial charge in [-0.3, -0.25) is 4.79 Å². The van der Waals surface area contributed by atoms with Gasteiger partial charge >= 0.3 is 0 Å². The third kappa shape index (κ3) is 6.10. The van der Waals surface area contributed by atoms with E-state index in [4.69, 9.17) is 26.2 Å². The lowest BCUT2D eigenvalue weighted by Crippen LogP contribution is -2.36. The predicted molar refractivity (Wildman–Crippen MR) is 135 cm³/mol. The fraction of sp³-hybridized carbons (Fsp3) is 0.292.